The molecule has 2 rings (SSSR count). The Morgan fingerprint density at radius 3 is 2.43 bits per heavy atom. The van der Waals surface area contributed by atoms with Crippen LogP contribution in [0.25, 0.3) is 0 Å². The molecule has 0 heterocycles. The van der Waals surface area contributed by atoms with E-state index in [2.05, 4.69) is 26.0 Å². The van der Waals surface area contributed by atoms with Gasteiger partial charge in [-0.05, 0) is 48.7 Å². The maximum Gasteiger partial charge on any atom is 0.123 e. The molecule has 2 aromatic rings. The second-order valence-electron chi connectivity index (χ2n) is 5.27. The monoisotopic (exact) mass is 320 g/mol. The SMILES string of the molecule is Cc1cccc([Si]CC(O)(CCl)c2ccc(F)cc2)c1C. The van der Waals surface area contributed by atoms with E-state index in [1.165, 1.54) is 28.4 Å². The first kappa shape index (κ1) is 16.2. The van der Waals surface area contributed by atoms with Crippen LogP contribution in [0.15, 0.2) is 42.5 Å². The second kappa shape index (κ2) is 6.73. The Balaban J connectivity index is 2.18. The maximum absolute atomic E-state index is 13.0. The summed E-state index contributed by atoms with van der Waals surface area (Å²) in [4.78, 5) is 0. The highest BCUT2D eigenvalue weighted by atomic mass is 35.5. The predicted octanol–water partition coefficient (Wildman–Crippen LogP) is 3.32. The van der Waals surface area contributed by atoms with Crippen LogP contribution in [-0.2, 0) is 5.60 Å². The van der Waals surface area contributed by atoms with Crippen LogP contribution in [0.5, 0.6) is 0 Å². The highest BCUT2D eigenvalue weighted by Gasteiger charge is 2.28. The summed E-state index contributed by atoms with van der Waals surface area (Å²) in [6.45, 7) is 4.17. The van der Waals surface area contributed by atoms with Gasteiger partial charge >= 0.3 is 0 Å². The van der Waals surface area contributed by atoms with Crippen molar-refractivity contribution in [3.05, 3.63) is 65.0 Å². The van der Waals surface area contributed by atoms with Crippen LogP contribution in [-0.4, -0.2) is 20.5 Å². The molecule has 0 aliphatic heterocycles. The molecule has 0 saturated carbocycles. The zero-order valence-corrected chi connectivity index (χ0v) is 13.9. The largest absolute Gasteiger partial charge is 0.384 e. The number of hydrogen-bond acceptors (Lipinski definition) is 1. The van der Waals surface area contributed by atoms with Crippen LogP contribution >= 0.6 is 11.6 Å². The smallest absolute Gasteiger partial charge is 0.123 e. The first-order valence-electron chi connectivity index (χ1n) is 6.81. The van der Waals surface area contributed by atoms with E-state index in [-0.39, 0.29) is 11.7 Å². The summed E-state index contributed by atoms with van der Waals surface area (Å²) in [7, 11) is 0.452. The van der Waals surface area contributed by atoms with Crippen LogP contribution in [0.2, 0.25) is 6.04 Å². The molecule has 2 aromatic carbocycles. The summed E-state index contributed by atoms with van der Waals surface area (Å²) in [6.07, 6.45) is 0. The van der Waals surface area contributed by atoms with Gasteiger partial charge in [0.2, 0.25) is 0 Å². The molecule has 21 heavy (non-hydrogen) atoms. The maximum atomic E-state index is 13.0. The lowest BCUT2D eigenvalue weighted by Crippen LogP contribution is -2.33. The molecule has 2 radical (unpaired) electrons. The molecule has 1 nitrogen and oxygen atoms in total. The van der Waals surface area contributed by atoms with Crippen molar-refractivity contribution in [1.29, 1.82) is 0 Å². The molecule has 1 unspecified atom stereocenters. The molecule has 0 spiro atoms. The van der Waals surface area contributed by atoms with Gasteiger partial charge < -0.3 is 5.11 Å². The van der Waals surface area contributed by atoms with Gasteiger partial charge in [-0.2, -0.15) is 0 Å². The van der Waals surface area contributed by atoms with E-state index in [1.54, 1.807) is 12.1 Å². The molecule has 0 fully saturated rings. The molecule has 110 valence electrons. The minimum Gasteiger partial charge on any atom is -0.384 e. The number of hydrogen-bond donors (Lipinski definition) is 1. The summed E-state index contributed by atoms with van der Waals surface area (Å²) in [5.74, 6) is -0.219. The van der Waals surface area contributed by atoms with Crippen LogP contribution in [0, 0.1) is 19.7 Å². The molecule has 0 amide bonds. The second-order valence-corrected chi connectivity index (χ2v) is 6.79. The topological polar surface area (TPSA) is 20.2 Å². The van der Waals surface area contributed by atoms with Crippen LogP contribution in [0.1, 0.15) is 16.7 Å². The highest BCUT2D eigenvalue weighted by Crippen LogP contribution is 2.27. The Labute approximate surface area is 132 Å². The lowest BCUT2D eigenvalue weighted by Gasteiger charge is -2.26. The molecule has 1 N–H and O–H groups in total. The molecular weight excluding hydrogens is 303 g/mol. The van der Waals surface area contributed by atoms with E-state index in [0.29, 0.717) is 21.1 Å². The van der Waals surface area contributed by atoms with Gasteiger partial charge in [0.05, 0.1) is 15.4 Å². The molecule has 0 aliphatic carbocycles. The standard InChI is InChI=1S/C17H18ClFOSi/c1-12-4-3-5-16(13(12)2)21-11-17(20,10-18)14-6-8-15(19)9-7-14/h3-9,20H,10-11H2,1-2H3. The average molecular weight is 321 g/mol. The van der Waals surface area contributed by atoms with Gasteiger partial charge in [0.15, 0.2) is 0 Å². The quantitative estimate of drug-likeness (QED) is 0.662. The van der Waals surface area contributed by atoms with Crippen molar-refractivity contribution in [3.8, 4) is 0 Å². The first-order valence-corrected chi connectivity index (χ1v) is 8.55. The molecule has 1 atom stereocenters. The first-order chi connectivity index (χ1) is 9.96. The third-order valence-corrected chi connectivity index (χ3v) is 5.90. The van der Waals surface area contributed by atoms with Crippen molar-refractivity contribution < 1.29 is 9.50 Å². The third-order valence-electron chi connectivity index (χ3n) is 3.78. The van der Waals surface area contributed by atoms with Crippen molar-refractivity contribution >= 4 is 26.3 Å². The fourth-order valence-electron chi connectivity index (χ4n) is 2.17. The average Bonchev–Trinajstić information content (AvgIpc) is 2.49. The van der Waals surface area contributed by atoms with Gasteiger partial charge in [-0.15, -0.1) is 11.6 Å². The molecule has 0 bridgehead atoms. The van der Waals surface area contributed by atoms with Crippen molar-refractivity contribution in [2.24, 2.45) is 0 Å². The normalized spacial score (nSPS) is 14.0. The molecule has 0 aromatic heterocycles. The summed E-state index contributed by atoms with van der Waals surface area (Å²) in [5, 5.41) is 12.0. The van der Waals surface area contributed by atoms with Crippen molar-refractivity contribution in [3.63, 3.8) is 0 Å². The summed E-state index contributed by atoms with van der Waals surface area (Å²) in [5.41, 5.74) is 2.05. The fourth-order valence-corrected chi connectivity index (χ4v) is 4.07. The fraction of sp³-hybridized carbons (Fsp3) is 0.294. The lowest BCUT2D eigenvalue weighted by atomic mass is 9.98. The van der Waals surface area contributed by atoms with Gasteiger partial charge in [0.25, 0.3) is 0 Å². The van der Waals surface area contributed by atoms with Gasteiger partial charge in [-0.25, -0.2) is 4.39 Å². The number of rotatable bonds is 5. The summed E-state index contributed by atoms with van der Waals surface area (Å²) in [6, 6.07) is 12.6. The van der Waals surface area contributed by atoms with Crippen molar-refractivity contribution in [2.45, 2.75) is 25.5 Å². The molecule has 4 heteroatoms. The Kier molecular flexibility index (Phi) is 5.20. The van der Waals surface area contributed by atoms with Crippen molar-refractivity contribution in [1.82, 2.24) is 0 Å². The van der Waals surface area contributed by atoms with E-state index in [0.717, 1.165) is 0 Å². The van der Waals surface area contributed by atoms with E-state index in [4.69, 9.17) is 11.6 Å². The molecule has 0 saturated heterocycles. The van der Waals surface area contributed by atoms with Crippen molar-refractivity contribution in [2.75, 3.05) is 5.88 Å². The van der Waals surface area contributed by atoms with E-state index < -0.39 is 5.60 Å². The van der Waals surface area contributed by atoms with Gasteiger partial charge in [0.1, 0.15) is 11.4 Å². The number of benzene rings is 2. The van der Waals surface area contributed by atoms with E-state index in [1.807, 2.05) is 6.07 Å². The van der Waals surface area contributed by atoms with Gasteiger partial charge in [0, 0.05) is 0 Å². The molecular formula is C17H18ClFOSi. The lowest BCUT2D eigenvalue weighted by molar-refractivity contribution is 0.0825. The van der Waals surface area contributed by atoms with Crippen LogP contribution < -0.4 is 5.19 Å². The summed E-state index contributed by atoms with van der Waals surface area (Å²) >= 11 is 5.98. The minimum atomic E-state index is -1.12. The summed E-state index contributed by atoms with van der Waals surface area (Å²) < 4.78 is 13.0. The van der Waals surface area contributed by atoms with Gasteiger partial charge in [-0.1, -0.05) is 35.5 Å². The number of aliphatic hydroxyl groups is 1. The minimum absolute atomic E-state index is 0.0937. The molecule has 0 aliphatic rings. The zero-order valence-electron chi connectivity index (χ0n) is 12.2. The Bertz CT molecular complexity index is 615. The van der Waals surface area contributed by atoms with E-state index >= 15 is 0 Å². The Morgan fingerprint density at radius 1 is 1.14 bits per heavy atom. The Hall–Kier alpha value is -1.16. The highest BCUT2D eigenvalue weighted by molar-refractivity contribution is 6.54. The number of aryl methyl sites for hydroxylation is 1. The zero-order chi connectivity index (χ0) is 15.5. The number of alkyl halides is 1. The van der Waals surface area contributed by atoms with Crippen LogP contribution in [0.4, 0.5) is 4.39 Å². The Morgan fingerprint density at radius 2 is 1.81 bits per heavy atom. The third kappa shape index (κ3) is 3.73. The van der Waals surface area contributed by atoms with Gasteiger partial charge in [-0.3, -0.25) is 0 Å². The number of halogens is 2. The van der Waals surface area contributed by atoms with E-state index in [9.17, 15) is 9.50 Å². The van der Waals surface area contributed by atoms with Crippen LogP contribution in [0.3, 0.4) is 0 Å². The predicted molar refractivity (Wildman–Crippen MR) is 87.1 cm³/mol.